The minimum absolute atomic E-state index is 0. The van der Waals surface area contributed by atoms with Crippen LogP contribution in [0.15, 0.2) is 54.6 Å². The van der Waals surface area contributed by atoms with Crippen LogP contribution in [0.4, 0.5) is 5.69 Å². The van der Waals surface area contributed by atoms with E-state index in [1.54, 1.807) is 0 Å². The highest BCUT2D eigenvalue weighted by atomic mass is 35.5. The highest BCUT2D eigenvalue weighted by Gasteiger charge is 2.24. The third-order valence-electron chi connectivity index (χ3n) is 2.98. The Kier molecular flexibility index (Phi) is 3.16. The van der Waals surface area contributed by atoms with Crippen LogP contribution in [0.5, 0.6) is 0 Å². The summed E-state index contributed by atoms with van der Waals surface area (Å²) in [7, 11) is 0. The summed E-state index contributed by atoms with van der Waals surface area (Å²) in [6.45, 7) is 0.867. The Morgan fingerprint density at radius 1 is 0.882 bits per heavy atom. The molecular formula is C14H13ClN2. The van der Waals surface area contributed by atoms with Crippen LogP contribution in [0.25, 0.3) is 0 Å². The van der Waals surface area contributed by atoms with E-state index in [1.807, 2.05) is 24.3 Å². The maximum atomic E-state index is 6.17. The average molecular weight is 245 g/mol. The molecule has 1 heterocycles. The fraction of sp³-hybridized carbons (Fsp3) is 0.0714. The number of hydrogen-bond donors (Lipinski definition) is 1. The number of fused-ring (bicyclic) bond motifs is 1. The topological polar surface area (TPSA) is 29.0 Å². The minimum Gasteiger partial charge on any atom is -1.00 e. The molecule has 0 bridgehead atoms. The van der Waals surface area contributed by atoms with Gasteiger partial charge in [0.2, 0.25) is 0 Å². The summed E-state index contributed by atoms with van der Waals surface area (Å²) in [6, 6.07) is 18.5. The van der Waals surface area contributed by atoms with Crippen LogP contribution in [0.1, 0.15) is 11.1 Å². The standard InChI is InChI=1S/C14H12N2.ClH/c15-14-13-9-5-4-6-11(13)10-16(14)12-7-2-1-3-8-12;/h1-9,15H,10H2;1H. The van der Waals surface area contributed by atoms with Crippen LogP contribution < -0.4 is 18.1 Å². The van der Waals surface area contributed by atoms with Gasteiger partial charge in [0.1, 0.15) is 12.2 Å². The van der Waals surface area contributed by atoms with Crippen molar-refractivity contribution in [2.24, 2.45) is 5.73 Å². The van der Waals surface area contributed by atoms with Crippen LogP contribution in [0.2, 0.25) is 0 Å². The van der Waals surface area contributed by atoms with Crippen molar-refractivity contribution in [1.29, 1.82) is 0 Å². The van der Waals surface area contributed by atoms with Crippen LogP contribution in [-0.4, -0.2) is 10.4 Å². The molecule has 0 radical (unpaired) electrons. The number of para-hydroxylation sites is 1. The van der Waals surface area contributed by atoms with Crippen LogP contribution in [0.3, 0.4) is 0 Å². The molecular weight excluding hydrogens is 232 g/mol. The van der Waals surface area contributed by atoms with E-state index >= 15 is 0 Å². The van der Waals surface area contributed by atoms with Gasteiger partial charge in [0, 0.05) is 5.56 Å². The Morgan fingerprint density at radius 3 is 2.24 bits per heavy atom. The molecule has 3 heteroatoms. The highest BCUT2D eigenvalue weighted by Crippen LogP contribution is 2.22. The van der Waals surface area contributed by atoms with E-state index in [0.717, 1.165) is 23.6 Å². The molecule has 3 rings (SSSR count). The molecule has 0 saturated carbocycles. The quantitative estimate of drug-likeness (QED) is 0.658. The summed E-state index contributed by atoms with van der Waals surface area (Å²) < 4.78 is 2.14. The number of benzene rings is 2. The van der Waals surface area contributed by atoms with E-state index in [9.17, 15) is 0 Å². The van der Waals surface area contributed by atoms with E-state index in [4.69, 9.17) is 5.73 Å². The van der Waals surface area contributed by atoms with Gasteiger partial charge < -0.3 is 12.4 Å². The zero-order valence-electron chi connectivity index (χ0n) is 9.31. The molecule has 0 amide bonds. The molecule has 1 aliphatic heterocycles. The minimum atomic E-state index is 0. The summed E-state index contributed by atoms with van der Waals surface area (Å²) >= 11 is 0. The molecule has 0 spiro atoms. The molecule has 17 heavy (non-hydrogen) atoms. The summed E-state index contributed by atoms with van der Waals surface area (Å²) in [4.78, 5) is 0. The van der Waals surface area contributed by atoms with Crippen molar-refractivity contribution in [3.05, 3.63) is 65.7 Å². The largest absolute Gasteiger partial charge is 1.00 e. The van der Waals surface area contributed by atoms with Crippen LogP contribution in [-0.2, 0) is 6.54 Å². The van der Waals surface area contributed by atoms with Gasteiger partial charge in [-0.05, 0) is 18.2 Å². The van der Waals surface area contributed by atoms with Gasteiger partial charge in [-0.25, -0.2) is 4.58 Å². The van der Waals surface area contributed by atoms with E-state index < -0.39 is 0 Å². The molecule has 0 fully saturated rings. The molecule has 2 nitrogen and oxygen atoms in total. The first-order valence-corrected chi connectivity index (χ1v) is 5.39. The summed E-state index contributed by atoms with van der Waals surface area (Å²) in [5.74, 6) is 0.849. The lowest BCUT2D eigenvalue weighted by atomic mass is 10.1. The maximum absolute atomic E-state index is 6.17. The smallest absolute Gasteiger partial charge is 0.280 e. The normalized spacial score (nSPS) is 13.2. The van der Waals surface area contributed by atoms with Gasteiger partial charge in [-0.1, -0.05) is 36.4 Å². The SMILES string of the molecule is NC1=[N+](c2ccccc2)Cc2ccccc21.[Cl-]. The number of amidine groups is 1. The second-order valence-electron chi connectivity index (χ2n) is 3.96. The Hall–Kier alpha value is -1.80. The highest BCUT2D eigenvalue weighted by molar-refractivity contribution is 5.97. The average Bonchev–Trinajstić information content (AvgIpc) is 2.69. The lowest BCUT2D eigenvalue weighted by Gasteiger charge is -2.01. The number of nitrogens with two attached hydrogens (primary N) is 1. The second kappa shape index (κ2) is 4.60. The van der Waals surface area contributed by atoms with Gasteiger partial charge in [-0.2, -0.15) is 0 Å². The molecule has 86 valence electrons. The number of halogens is 1. The fourth-order valence-electron chi connectivity index (χ4n) is 2.15. The third kappa shape index (κ3) is 1.92. The molecule has 2 N–H and O–H groups in total. The zero-order valence-corrected chi connectivity index (χ0v) is 10.1. The molecule has 2 aromatic rings. The molecule has 0 aliphatic carbocycles. The number of hydrogen-bond acceptors (Lipinski definition) is 1. The monoisotopic (exact) mass is 244 g/mol. The van der Waals surface area contributed by atoms with Gasteiger partial charge in [-0.15, -0.1) is 0 Å². The molecule has 0 unspecified atom stereocenters. The third-order valence-corrected chi connectivity index (χ3v) is 2.98. The van der Waals surface area contributed by atoms with Gasteiger partial charge >= 0.3 is 0 Å². The lowest BCUT2D eigenvalue weighted by molar-refractivity contribution is -0.453. The number of nitrogens with zero attached hydrogens (tertiary/aromatic N) is 1. The predicted molar refractivity (Wildman–Crippen MR) is 64.8 cm³/mol. The number of rotatable bonds is 1. The lowest BCUT2D eigenvalue weighted by Crippen LogP contribution is -3.00. The Labute approximate surface area is 107 Å². The van der Waals surface area contributed by atoms with E-state index in [1.165, 1.54) is 5.56 Å². The zero-order chi connectivity index (χ0) is 11.0. The van der Waals surface area contributed by atoms with Crippen LogP contribution >= 0.6 is 0 Å². The first kappa shape index (κ1) is 11.7. The summed E-state index contributed by atoms with van der Waals surface area (Å²) in [6.07, 6.45) is 0. The van der Waals surface area contributed by atoms with Gasteiger partial charge in [0.15, 0.2) is 0 Å². The van der Waals surface area contributed by atoms with E-state index in [0.29, 0.717) is 0 Å². The van der Waals surface area contributed by atoms with E-state index in [-0.39, 0.29) is 12.4 Å². The van der Waals surface area contributed by atoms with Crippen molar-refractivity contribution in [1.82, 2.24) is 0 Å². The molecule has 0 saturated heterocycles. The van der Waals surface area contributed by atoms with Crippen LogP contribution in [0, 0.1) is 0 Å². The Bertz CT molecular complexity index is 561. The molecule has 1 aliphatic rings. The Morgan fingerprint density at radius 2 is 1.53 bits per heavy atom. The van der Waals surface area contributed by atoms with Gasteiger partial charge in [-0.3, -0.25) is 5.73 Å². The van der Waals surface area contributed by atoms with Crippen molar-refractivity contribution < 1.29 is 17.0 Å². The van der Waals surface area contributed by atoms with Crippen molar-refractivity contribution >= 4 is 11.5 Å². The van der Waals surface area contributed by atoms with E-state index in [2.05, 4.69) is 34.9 Å². The van der Waals surface area contributed by atoms with Gasteiger partial charge in [0.05, 0.1) is 5.56 Å². The first-order chi connectivity index (χ1) is 7.86. The predicted octanol–water partition coefficient (Wildman–Crippen LogP) is -0.746. The first-order valence-electron chi connectivity index (χ1n) is 5.39. The Balaban J connectivity index is 0.00000108. The van der Waals surface area contributed by atoms with Crippen molar-refractivity contribution in [2.45, 2.75) is 6.54 Å². The summed E-state index contributed by atoms with van der Waals surface area (Å²) in [5.41, 5.74) is 9.77. The molecule has 0 atom stereocenters. The maximum Gasteiger partial charge on any atom is 0.280 e. The second-order valence-corrected chi connectivity index (χ2v) is 3.96. The van der Waals surface area contributed by atoms with Gasteiger partial charge in [0.25, 0.3) is 5.84 Å². The molecule has 2 aromatic carbocycles. The fourth-order valence-corrected chi connectivity index (χ4v) is 2.15. The molecule has 0 aromatic heterocycles. The van der Waals surface area contributed by atoms with Crippen molar-refractivity contribution in [2.75, 3.05) is 0 Å². The summed E-state index contributed by atoms with van der Waals surface area (Å²) in [5, 5.41) is 0. The van der Waals surface area contributed by atoms with Crippen molar-refractivity contribution in [3.8, 4) is 0 Å². The van der Waals surface area contributed by atoms with Crippen molar-refractivity contribution in [3.63, 3.8) is 0 Å².